The smallest absolute Gasteiger partial charge is 0.324 e. The first-order valence-corrected chi connectivity index (χ1v) is 14.7. The van der Waals surface area contributed by atoms with Crippen molar-refractivity contribution in [3.63, 3.8) is 0 Å². The zero-order chi connectivity index (χ0) is 31.4. The SMILES string of the molecule is CC(C)(C)c1cc(NC(=O)Nc2ccc(Oc3ccnc4cc(OCCN5CCOCC5)c(C(N)=O)cc34)c(Cl)c2Cl)[nH]n1. The Bertz CT molecular complexity index is 1680. The van der Waals surface area contributed by atoms with Crippen molar-refractivity contribution in [3.05, 3.63) is 63.9 Å². The first kappa shape index (κ1) is 31.3. The Morgan fingerprint density at radius 3 is 2.52 bits per heavy atom. The number of nitrogens with two attached hydrogens (primary N) is 1. The summed E-state index contributed by atoms with van der Waals surface area (Å²) in [6.07, 6.45) is 1.56. The first-order chi connectivity index (χ1) is 21.0. The molecule has 5 N–H and O–H groups in total. The number of carbonyl (C=O) groups is 2. The van der Waals surface area contributed by atoms with Gasteiger partial charge in [-0.2, -0.15) is 5.10 Å². The van der Waals surface area contributed by atoms with Crippen LogP contribution in [0.1, 0.15) is 36.8 Å². The van der Waals surface area contributed by atoms with Gasteiger partial charge in [-0.3, -0.25) is 25.1 Å². The van der Waals surface area contributed by atoms with E-state index in [1.165, 1.54) is 0 Å². The van der Waals surface area contributed by atoms with Crippen molar-refractivity contribution in [1.82, 2.24) is 20.1 Å². The Morgan fingerprint density at radius 1 is 1.05 bits per heavy atom. The molecule has 1 fully saturated rings. The molecular formula is C30H33Cl2N7O5. The predicted octanol–water partition coefficient (Wildman–Crippen LogP) is 5.81. The fraction of sp³-hybridized carbons (Fsp3) is 0.333. The number of anilines is 2. The van der Waals surface area contributed by atoms with Crippen molar-refractivity contribution >= 4 is 57.5 Å². The van der Waals surface area contributed by atoms with Gasteiger partial charge in [-0.1, -0.05) is 44.0 Å². The number of hydrogen-bond acceptors (Lipinski definition) is 8. The molecule has 2 aromatic heterocycles. The topological polar surface area (TPSA) is 157 Å². The lowest BCUT2D eigenvalue weighted by molar-refractivity contribution is 0.0322. The van der Waals surface area contributed by atoms with E-state index in [9.17, 15) is 9.59 Å². The van der Waals surface area contributed by atoms with Crippen LogP contribution in [-0.4, -0.2) is 71.5 Å². The molecular weight excluding hydrogens is 609 g/mol. The first-order valence-electron chi connectivity index (χ1n) is 13.9. The number of rotatable bonds is 9. The molecule has 1 aliphatic heterocycles. The molecule has 0 unspecified atom stereocenters. The van der Waals surface area contributed by atoms with E-state index in [1.807, 2.05) is 20.8 Å². The number of primary amides is 1. The van der Waals surface area contributed by atoms with Gasteiger partial charge in [-0.25, -0.2) is 4.79 Å². The van der Waals surface area contributed by atoms with Crippen LogP contribution in [-0.2, 0) is 10.2 Å². The van der Waals surface area contributed by atoms with E-state index < -0.39 is 11.9 Å². The summed E-state index contributed by atoms with van der Waals surface area (Å²) in [6, 6.07) is 9.23. The number of fused-ring (bicyclic) bond motifs is 1. The second kappa shape index (κ2) is 13.3. The molecule has 4 aromatic rings. The predicted molar refractivity (Wildman–Crippen MR) is 169 cm³/mol. The zero-order valence-corrected chi connectivity index (χ0v) is 26.0. The van der Waals surface area contributed by atoms with Crippen molar-refractivity contribution < 1.29 is 23.8 Å². The Balaban J connectivity index is 1.31. The molecule has 0 spiro atoms. The van der Waals surface area contributed by atoms with E-state index in [-0.39, 0.29) is 32.5 Å². The molecule has 12 nitrogen and oxygen atoms in total. The maximum atomic E-state index is 12.6. The minimum absolute atomic E-state index is 0.0733. The summed E-state index contributed by atoms with van der Waals surface area (Å²) in [5.74, 6) is 0.706. The van der Waals surface area contributed by atoms with E-state index in [0.717, 1.165) is 18.8 Å². The number of morpholine rings is 1. The van der Waals surface area contributed by atoms with Gasteiger partial charge in [0.05, 0.1) is 40.7 Å². The van der Waals surface area contributed by atoms with Crippen molar-refractivity contribution in [1.29, 1.82) is 0 Å². The van der Waals surface area contributed by atoms with Gasteiger partial charge in [0.25, 0.3) is 5.91 Å². The Morgan fingerprint density at radius 2 is 1.82 bits per heavy atom. The van der Waals surface area contributed by atoms with Crippen LogP contribution >= 0.6 is 23.2 Å². The molecule has 44 heavy (non-hydrogen) atoms. The molecule has 3 heterocycles. The summed E-state index contributed by atoms with van der Waals surface area (Å²) in [7, 11) is 0. The molecule has 1 saturated heterocycles. The summed E-state index contributed by atoms with van der Waals surface area (Å²) in [6.45, 7) is 10.1. The number of ether oxygens (including phenoxy) is 3. The highest BCUT2D eigenvalue weighted by molar-refractivity contribution is 6.45. The minimum Gasteiger partial charge on any atom is -0.491 e. The normalized spacial score (nSPS) is 13.9. The average molecular weight is 643 g/mol. The van der Waals surface area contributed by atoms with Crippen LogP contribution in [0.15, 0.2) is 42.6 Å². The van der Waals surface area contributed by atoms with Crippen molar-refractivity contribution in [2.24, 2.45) is 5.73 Å². The summed E-state index contributed by atoms with van der Waals surface area (Å²) >= 11 is 13.1. The van der Waals surface area contributed by atoms with Gasteiger partial charge in [0, 0.05) is 48.8 Å². The third kappa shape index (κ3) is 7.33. The monoisotopic (exact) mass is 641 g/mol. The number of halogens is 2. The number of nitrogens with zero attached hydrogens (tertiary/aromatic N) is 3. The van der Waals surface area contributed by atoms with E-state index in [1.54, 1.807) is 42.6 Å². The van der Waals surface area contributed by atoms with Crippen LogP contribution in [0, 0.1) is 0 Å². The number of benzene rings is 2. The molecule has 14 heteroatoms. The second-order valence-electron chi connectivity index (χ2n) is 11.2. The summed E-state index contributed by atoms with van der Waals surface area (Å²) < 4.78 is 17.5. The van der Waals surface area contributed by atoms with E-state index in [2.05, 4.69) is 30.7 Å². The van der Waals surface area contributed by atoms with Gasteiger partial charge in [-0.15, -0.1) is 0 Å². The summed E-state index contributed by atoms with van der Waals surface area (Å²) in [5.41, 5.74) is 7.31. The Hall–Kier alpha value is -4.10. The number of aromatic amines is 1. The molecule has 3 amide bonds. The number of urea groups is 1. The molecule has 0 radical (unpaired) electrons. The Labute approximate surface area is 264 Å². The highest BCUT2D eigenvalue weighted by Gasteiger charge is 2.20. The lowest BCUT2D eigenvalue weighted by Crippen LogP contribution is -2.38. The fourth-order valence-corrected chi connectivity index (χ4v) is 4.94. The van der Waals surface area contributed by atoms with Crippen molar-refractivity contribution in [2.75, 3.05) is 50.1 Å². The molecule has 2 aromatic carbocycles. The molecule has 5 rings (SSSR count). The average Bonchev–Trinajstić information content (AvgIpc) is 3.46. The maximum absolute atomic E-state index is 12.6. The van der Waals surface area contributed by atoms with Crippen molar-refractivity contribution in [3.8, 4) is 17.2 Å². The number of amides is 3. The van der Waals surface area contributed by atoms with Crippen LogP contribution in [0.3, 0.4) is 0 Å². The quantitative estimate of drug-likeness (QED) is 0.178. The largest absolute Gasteiger partial charge is 0.491 e. The number of pyridine rings is 1. The molecule has 232 valence electrons. The van der Waals surface area contributed by atoms with Gasteiger partial charge >= 0.3 is 6.03 Å². The van der Waals surface area contributed by atoms with Gasteiger partial charge in [-0.05, 0) is 24.3 Å². The van der Waals surface area contributed by atoms with Crippen LogP contribution in [0.2, 0.25) is 10.0 Å². The minimum atomic E-state index is -0.650. The van der Waals surface area contributed by atoms with E-state index in [0.29, 0.717) is 54.6 Å². The third-order valence-electron chi connectivity index (χ3n) is 6.95. The lowest BCUT2D eigenvalue weighted by Gasteiger charge is -2.26. The fourth-order valence-electron chi connectivity index (χ4n) is 4.53. The molecule has 0 aliphatic carbocycles. The van der Waals surface area contributed by atoms with Crippen LogP contribution < -0.4 is 25.8 Å². The number of nitrogens with one attached hydrogen (secondary N) is 3. The van der Waals surface area contributed by atoms with Gasteiger partial charge in [0.2, 0.25) is 0 Å². The van der Waals surface area contributed by atoms with Gasteiger partial charge < -0.3 is 25.3 Å². The number of aromatic nitrogens is 3. The maximum Gasteiger partial charge on any atom is 0.324 e. The number of hydrogen-bond donors (Lipinski definition) is 4. The zero-order valence-electron chi connectivity index (χ0n) is 24.5. The number of H-pyrrole nitrogens is 1. The Kier molecular flexibility index (Phi) is 9.45. The highest BCUT2D eigenvalue weighted by Crippen LogP contribution is 2.41. The van der Waals surface area contributed by atoms with E-state index in [4.69, 9.17) is 43.1 Å². The standard InChI is InChI=1S/C30H33Cl2N7O5/c1-30(2,3)24-16-25(38-37-24)36-29(41)35-19-4-5-22(27(32)26(19)31)44-21-6-7-34-20-15-23(18(28(33)40)14-17(20)21)43-13-10-39-8-11-42-12-9-39/h4-7,14-16H,8-13H2,1-3H3,(H2,33,40)(H3,35,36,37,38,41). The van der Waals surface area contributed by atoms with Gasteiger partial charge in [0.1, 0.15) is 34.7 Å². The van der Waals surface area contributed by atoms with E-state index >= 15 is 0 Å². The molecule has 1 aliphatic rings. The van der Waals surface area contributed by atoms with Crippen LogP contribution in [0.4, 0.5) is 16.3 Å². The third-order valence-corrected chi connectivity index (χ3v) is 7.81. The van der Waals surface area contributed by atoms with Gasteiger partial charge in [0.15, 0.2) is 0 Å². The highest BCUT2D eigenvalue weighted by atomic mass is 35.5. The molecule has 0 saturated carbocycles. The van der Waals surface area contributed by atoms with Crippen molar-refractivity contribution in [2.45, 2.75) is 26.2 Å². The van der Waals surface area contributed by atoms with Crippen LogP contribution in [0.5, 0.6) is 17.2 Å². The summed E-state index contributed by atoms with van der Waals surface area (Å²) in [4.78, 5) is 31.6. The van der Waals surface area contributed by atoms with Crippen LogP contribution in [0.25, 0.3) is 10.9 Å². The summed E-state index contributed by atoms with van der Waals surface area (Å²) in [5, 5.41) is 13.1. The number of carbonyl (C=O) groups excluding carboxylic acids is 2. The second-order valence-corrected chi connectivity index (χ2v) is 11.9. The molecule has 0 atom stereocenters. The lowest BCUT2D eigenvalue weighted by atomic mass is 9.92. The molecule has 0 bridgehead atoms.